The molecule has 2 unspecified atom stereocenters. The normalized spacial score (nSPS) is 25.7. The van der Waals surface area contributed by atoms with E-state index in [2.05, 4.69) is 26.3 Å². The highest BCUT2D eigenvalue weighted by Gasteiger charge is 2.43. The van der Waals surface area contributed by atoms with Crippen molar-refractivity contribution >= 4 is 28.3 Å². The summed E-state index contributed by atoms with van der Waals surface area (Å²) in [6, 6.07) is 5.85. The molecule has 0 radical (unpaired) electrons. The zero-order chi connectivity index (χ0) is 24.1. The van der Waals surface area contributed by atoms with E-state index in [4.69, 9.17) is 11.0 Å². The van der Waals surface area contributed by atoms with Crippen molar-refractivity contribution < 1.29 is 9.90 Å². The monoisotopic (exact) mass is 468 g/mol. The van der Waals surface area contributed by atoms with Crippen molar-refractivity contribution in [3.63, 3.8) is 0 Å². The number of aliphatic hydroxyl groups is 1. The minimum Gasteiger partial charge on any atom is -0.388 e. The second-order valence-electron chi connectivity index (χ2n) is 10.2. The zero-order valence-electron chi connectivity index (χ0n) is 19.4. The Balaban J connectivity index is 1.33. The number of rotatable bonds is 4. The Hall–Kier alpha value is -3.57. The molecule has 0 aromatic carbocycles. The summed E-state index contributed by atoms with van der Waals surface area (Å²) in [6.07, 6.45) is 12.1. The highest BCUT2D eigenvalue weighted by molar-refractivity contribution is 5.98. The van der Waals surface area contributed by atoms with Gasteiger partial charge in [0.15, 0.2) is 0 Å². The quantitative estimate of drug-likeness (QED) is 0.523. The fourth-order valence-electron chi connectivity index (χ4n) is 6.06. The van der Waals surface area contributed by atoms with Crippen molar-refractivity contribution in [2.75, 3.05) is 11.1 Å². The van der Waals surface area contributed by atoms with Gasteiger partial charge >= 0.3 is 0 Å². The van der Waals surface area contributed by atoms with Crippen LogP contribution in [0.25, 0.3) is 22.0 Å². The molecule has 8 nitrogen and oxygen atoms in total. The number of nitrogens with two attached hydrogens (primary N) is 1. The van der Waals surface area contributed by atoms with E-state index in [1.54, 1.807) is 24.7 Å². The number of amides is 1. The van der Waals surface area contributed by atoms with E-state index >= 15 is 0 Å². The number of nitrogen functional groups attached to an aromatic ring is 1. The van der Waals surface area contributed by atoms with Crippen LogP contribution in [-0.4, -0.2) is 26.0 Å². The van der Waals surface area contributed by atoms with Crippen LogP contribution in [0.1, 0.15) is 55.8 Å². The fourth-order valence-corrected chi connectivity index (χ4v) is 6.06. The Labute approximate surface area is 203 Å². The van der Waals surface area contributed by atoms with Crippen molar-refractivity contribution in [3.8, 4) is 17.3 Å². The number of aromatic nitrogens is 3. The van der Waals surface area contributed by atoms with Gasteiger partial charge in [0.05, 0.1) is 29.7 Å². The van der Waals surface area contributed by atoms with Gasteiger partial charge in [-0.1, -0.05) is 25.7 Å². The van der Waals surface area contributed by atoms with Crippen LogP contribution in [0.4, 0.5) is 11.6 Å². The molecule has 0 spiro atoms. The van der Waals surface area contributed by atoms with Gasteiger partial charge in [0.1, 0.15) is 11.6 Å². The van der Waals surface area contributed by atoms with Crippen molar-refractivity contribution in [1.29, 1.82) is 5.26 Å². The van der Waals surface area contributed by atoms with Gasteiger partial charge in [-0.2, -0.15) is 5.26 Å². The second kappa shape index (κ2) is 8.58. The first kappa shape index (κ1) is 21.9. The van der Waals surface area contributed by atoms with E-state index in [0.29, 0.717) is 41.0 Å². The Kier molecular flexibility index (Phi) is 5.37. The molecule has 0 aliphatic heterocycles. The zero-order valence-corrected chi connectivity index (χ0v) is 19.4. The molecule has 2 fully saturated rings. The van der Waals surface area contributed by atoms with Crippen LogP contribution in [0.15, 0.2) is 30.7 Å². The Morgan fingerprint density at radius 2 is 2.00 bits per heavy atom. The number of nitrogens with zero attached hydrogens (tertiary/aromatic N) is 4. The van der Waals surface area contributed by atoms with E-state index in [1.165, 1.54) is 25.7 Å². The molecule has 3 heterocycles. The molecular formula is C27H28N6O2. The highest BCUT2D eigenvalue weighted by atomic mass is 16.3. The van der Waals surface area contributed by atoms with Gasteiger partial charge in [0, 0.05) is 35.1 Å². The Bertz CT molecular complexity index is 1360. The summed E-state index contributed by atoms with van der Waals surface area (Å²) in [7, 11) is 0. The average molecular weight is 469 g/mol. The molecule has 3 aliphatic rings. The summed E-state index contributed by atoms with van der Waals surface area (Å²) in [5, 5.41) is 24.5. The van der Waals surface area contributed by atoms with Crippen LogP contribution in [0.2, 0.25) is 0 Å². The van der Waals surface area contributed by atoms with Crippen molar-refractivity contribution in [2.24, 2.45) is 23.7 Å². The van der Waals surface area contributed by atoms with E-state index in [-0.39, 0.29) is 17.7 Å². The number of fused-ring (bicyclic) bond motifs is 2. The molecular weight excluding hydrogens is 440 g/mol. The van der Waals surface area contributed by atoms with Crippen LogP contribution >= 0.6 is 0 Å². The minimum atomic E-state index is -0.502. The predicted octanol–water partition coefficient (Wildman–Crippen LogP) is 4.16. The van der Waals surface area contributed by atoms with Gasteiger partial charge in [0.25, 0.3) is 0 Å². The number of hydrogen-bond donors (Lipinski definition) is 3. The highest BCUT2D eigenvalue weighted by Crippen LogP contribution is 2.46. The van der Waals surface area contributed by atoms with Crippen molar-refractivity contribution in [2.45, 2.75) is 51.0 Å². The average Bonchev–Trinajstić information content (AvgIpc) is 3.47. The van der Waals surface area contributed by atoms with Crippen LogP contribution in [0.5, 0.6) is 0 Å². The lowest BCUT2D eigenvalue weighted by Gasteiger charge is -2.34. The molecule has 4 N–H and O–H groups in total. The maximum atomic E-state index is 12.4. The number of carbonyl (C=O) groups excluding carboxylic acids is 1. The number of nitriles is 1. The first-order valence-corrected chi connectivity index (χ1v) is 12.5. The number of hydrogen-bond acceptors (Lipinski definition) is 7. The van der Waals surface area contributed by atoms with Gasteiger partial charge < -0.3 is 16.2 Å². The van der Waals surface area contributed by atoms with Gasteiger partial charge in [-0.25, -0.2) is 9.97 Å². The molecule has 3 aliphatic carbocycles. The lowest BCUT2D eigenvalue weighted by molar-refractivity contribution is -0.117. The SMILES string of the molecule is N#C[C@@H]1C[C@H]1C(=O)Nc1cc2cc(-c3cncc4c3CCC(C3CCCC3)C4O)nc(N)c2cn1. The first-order chi connectivity index (χ1) is 17.0. The molecule has 0 saturated heterocycles. The second-order valence-corrected chi connectivity index (χ2v) is 10.2. The number of carbonyl (C=O) groups is 1. The lowest BCUT2D eigenvalue weighted by Crippen LogP contribution is -2.26. The van der Waals surface area contributed by atoms with Crippen LogP contribution in [-0.2, 0) is 11.2 Å². The van der Waals surface area contributed by atoms with E-state index in [0.717, 1.165) is 34.9 Å². The minimum absolute atomic E-state index is 0.183. The summed E-state index contributed by atoms with van der Waals surface area (Å²) in [5.74, 6) is 1.01. The molecule has 3 aromatic rings. The maximum absolute atomic E-state index is 12.4. The molecule has 6 rings (SSSR count). The number of aliphatic hydroxyl groups excluding tert-OH is 1. The van der Waals surface area contributed by atoms with Gasteiger partial charge in [-0.15, -0.1) is 0 Å². The maximum Gasteiger partial charge on any atom is 0.230 e. The molecule has 3 aromatic heterocycles. The molecule has 2 saturated carbocycles. The summed E-state index contributed by atoms with van der Waals surface area (Å²) in [4.78, 5) is 25.8. The molecule has 8 heteroatoms. The largest absolute Gasteiger partial charge is 0.388 e. The Morgan fingerprint density at radius 3 is 2.77 bits per heavy atom. The third-order valence-corrected chi connectivity index (χ3v) is 8.11. The van der Waals surface area contributed by atoms with Crippen LogP contribution < -0.4 is 11.1 Å². The summed E-state index contributed by atoms with van der Waals surface area (Å²) >= 11 is 0. The van der Waals surface area contributed by atoms with E-state index in [9.17, 15) is 9.90 Å². The standard InChI is InChI=1S/C27H28N6O2/c28-10-16-7-19(16)27(35)33-24-9-15-8-23(32-26(29)20(15)13-31-24)21-11-30-12-22-18(21)6-5-17(25(22)34)14-3-1-2-4-14/h8-9,11-14,16-17,19,25,34H,1-7H2,(H2,29,32)(H,31,33,35)/t16-,17?,19+,25?/m0/s1. The van der Waals surface area contributed by atoms with Gasteiger partial charge in [0.2, 0.25) is 5.91 Å². The summed E-state index contributed by atoms with van der Waals surface area (Å²) < 4.78 is 0. The van der Waals surface area contributed by atoms with Crippen molar-refractivity contribution in [1.82, 2.24) is 15.0 Å². The molecule has 178 valence electrons. The molecule has 1 amide bonds. The third-order valence-electron chi connectivity index (χ3n) is 8.11. The molecule has 4 atom stereocenters. The molecule has 35 heavy (non-hydrogen) atoms. The third kappa shape index (κ3) is 3.90. The van der Waals surface area contributed by atoms with Gasteiger partial charge in [-0.3, -0.25) is 9.78 Å². The summed E-state index contributed by atoms with van der Waals surface area (Å²) in [6.45, 7) is 0. The topological polar surface area (TPSA) is 138 Å². The summed E-state index contributed by atoms with van der Waals surface area (Å²) in [5.41, 5.74) is 9.88. The number of nitrogens with one attached hydrogen (secondary N) is 1. The van der Waals surface area contributed by atoms with Crippen molar-refractivity contribution in [3.05, 3.63) is 41.9 Å². The van der Waals surface area contributed by atoms with Crippen LogP contribution in [0, 0.1) is 35.0 Å². The first-order valence-electron chi connectivity index (χ1n) is 12.5. The van der Waals surface area contributed by atoms with Crippen LogP contribution in [0.3, 0.4) is 0 Å². The molecule has 0 bridgehead atoms. The fraction of sp³-hybridized carbons (Fsp3) is 0.444. The smallest absolute Gasteiger partial charge is 0.230 e. The lowest BCUT2D eigenvalue weighted by atomic mass is 9.73. The predicted molar refractivity (Wildman–Crippen MR) is 132 cm³/mol. The van der Waals surface area contributed by atoms with E-state index in [1.807, 2.05) is 6.07 Å². The number of anilines is 2. The van der Waals surface area contributed by atoms with E-state index < -0.39 is 6.10 Å². The van der Waals surface area contributed by atoms with Gasteiger partial charge in [-0.05, 0) is 54.2 Å². The Morgan fingerprint density at radius 1 is 1.17 bits per heavy atom. The number of pyridine rings is 3.